The summed E-state index contributed by atoms with van der Waals surface area (Å²) in [5, 5.41) is 12.1. The Morgan fingerprint density at radius 3 is 2.79 bits per heavy atom. The van der Waals surface area contributed by atoms with E-state index in [0.29, 0.717) is 5.69 Å². The smallest absolute Gasteiger partial charge is 0.308 e. The maximum atomic E-state index is 12.1. The van der Waals surface area contributed by atoms with Crippen molar-refractivity contribution < 1.29 is 19.1 Å². The number of nitrogens with one attached hydrogen (secondary N) is 1. The molecule has 2 aliphatic carbocycles. The summed E-state index contributed by atoms with van der Waals surface area (Å²) in [6.45, 7) is 1.69. The molecular formula is C13H16N2O4. The highest BCUT2D eigenvalue weighted by molar-refractivity contribution is 5.93. The first-order chi connectivity index (χ1) is 9.08. The minimum atomic E-state index is -0.813. The molecule has 0 aliphatic heterocycles. The number of oxazole rings is 1. The van der Waals surface area contributed by atoms with Gasteiger partial charge in [0.1, 0.15) is 0 Å². The van der Waals surface area contributed by atoms with Crippen molar-refractivity contribution in [3.05, 3.63) is 17.8 Å². The van der Waals surface area contributed by atoms with Crippen LogP contribution in [-0.4, -0.2) is 28.0 Å². The van der Waals surface area contributed by atoms with Crippen molar-refractivity contribution in [1.82, 2.24) is 10.3 Å². The van der Waals surface area contributed by atoms with Gasteiger partial charge in [-0.3, -0.25) is 9.59 Å². The first-order valence-corrected chi connectivity index (χ1v) is 6.51. The van der Waals surface area contributed by atoms with Gasteiger partial charge in [-0.05, 0) is 38.0 Å². The zero-order chi connectivity index (χ0) is 13.6. The number of carboxylic acid groups (broad SMARTS) is 1. The number of nitrogens with zero attached hydrogens (tertiary/aromatic N) is 1. The Kier molecular flexibility index (Phi) is 2.80. The first kappa shape index (κ1) is 12.2. The van der Waals surface area contributed by atoms with Crippen LogP contribution < -0.4 is 5.32 Å². The molecule has 6 heteroatoms. The van der Waals surface area contributed by atoms with Crippen LogP contribution in [0, 0.1) is 24.7 Å². The average molecular weight is 264 g/mol. The van der Waals surface area contributed by atoms with Crippen molar-refractivity contribution in [1.29, 1.82) is 0 Å². The van der Waals surface area contributed by atoms with Crippen molar-refractivity contribution in [2.45, 2.75) is 32.2 Å². The van der Waals surface area contributed by atoms with Gasteiger partial charge in [-0.15, -0.1) is 0 Å². The molecule has 2 bridgehead atoms. The number of rotatable bonds is 3. The van der Waals surface area contributed by atoms with Crippen LogP contribution in [0.2, 0.25) is 0 Å². The third-order valence-corrected chi connectivity index (χ3v) is 4.45. The molecule has 1 amide bonds. The Hall–Kier alpha value is -1.85. The molecule has 2 aliphatic rings. The summed E-state index contributed by atoms with van der Waals surface area (Å²) in [4.78, 5) is 27.3. The van der Waals surface area contributed by atoms with Gasteiger partial charge in [-0.1, -0.05) is 0 Å². The topological polar surface area (TPSA) is 92.4 Å². The van der Waals surface area contributed by atoms with Gasteiger partial charge in [0.2, 0.25) is 5.76 Å². The lowest BCUT2D eigenvalue weighted by atomic mass is 9.84. The molecule has 1 aromatic rings. The van der Waals surface area contributed by atoms with Crippen molar-refractivity contribution in [3.8, 4) is 0 Å². The van der Waals surface area contributed by atoms with Gasteiger partial charge >= 0.3 is 5.97 Å². The third kappa shape index (κ3) is 1.91. The first-order valence-electron chi connectivity index (χ1n) is 6.51. The average Bonchev–Trinajstić information content (AvgIpc) is 3.03. The molecule has 0 radical (unpaired) electrons. The van der Waals surface area contributed by atoms with Crippen molar-refractivity contribution >= 4 is 11.9 Å². The number of aryl methyl sites for hydroxylation is 1. The SMILES string of the molecule is Cc1ncoc1C(=O)NC1C2CCC(C2)C1C(=O)O. The number of hydrogen-bond donors (Lipinski definition) is 2. The molecule has 0 aromatic carbocycles. The minimum Gasteiger partial charge on any atom is -0.481 e. The van der Waals surface area contributed by atoms with Gasteiger partial charge in [0.15, 0.2) is 6.39 Å². The van der Waals surface area contributed by atoms with E-state index in [9.17, 15) is 14.7 Å². The van der Waals surface area contributed by atoms with Crippen LogP contribution in [0.5, 0.6) is 0 Å². The van der Waals surface area contributed by atoms with Gasteiger partial charge in [-0.2, -0.15) is 0 Å². The predicted octanol–water partition coefficient (Wildman–Crippen LogP) is 1.21. The maximum Gasteiger partial charge on any atom is 0.308 e. The molecule has 19 heavy (non-hydrogen) atoms. The lowest BCUT2D eigenvalue weighted by molar-refractivity contribution is -0.144. The second-order valence-electron chi connectivity index (χ2n) is 5.46. The van der Waals surface area contributed by atoms with Crippen LogP contribution in [-0.2, 0) is 4.79 Å². The third-order valence-electron chi connectivity index (χ3n) is 4.45. The second-order valence-corrected chi connectivity index (χ2v) is 5.46. The van der Waals surface area contributed by atoms with E-state index in [0.717, 1.165) is 19.3 Å². The van der Waals surface area contributed by atoms with E-state index in [1.54, 1.807) is 6.92 Å². The maximum absolute atomic E-state index is 12.1. The normalized spacial score (nSPS) is 32.5. The molecule has 1 aromatic heterocycles. The summed E-state index contributed by atoms with van der Waals surface area (Å²) >= 11 is 0. The quantitative estimate of drug-likeness (QED) is 0.856. The fraction of sp³-hybridized carbons (Fsp3) is 0.615. The molecule has 4 atom stereocenters. The molecule has 0 saturated heterocycles. The number of fused-ring (bicyclic) bond motifs is 2. The summed E-state index contributed by atoms with van der Waals surface area (Å²) in [5.74, 6) is -0.995. The molecule has 2 fully saturated rings. The van der Waals surface area contributed by atoms with Gasteiger partial charge in [0, 0.05) is 6.04 Å². The zero-order valence-corrected chi connectivity index (χ0v) is 10.6. The lowest BCUT2D eigenvalue weighted by Crippen LogP contribution is -2.46. The summed E-state index contributed by atoms with van der Waals surface area (Å²) in [7, 11) is 0. The number of carbonyl (C=O) groups excluding carboxylic acids is 1. The molecular weight excluding hydrogens is 248 g/mol. The van der Waals surface area contributed by atoms with Crippen LogP contribution in [0.25, 0.3) is 0 Å². The highest BCUT2D eigenvalue weighted by Gasteiger charge is 2.51. The fourth-order valence-electron chi connectivity index (χ4n) is 3.59. The number of carbonyl (C=O) groups is 2. The Bertz CT molecular complexity index is 524. The molecule has 102 valence electrons. The largest absolute Gasteiger partial charge is 0.481 e. The molecule has 0 spiro atoms. The summed E-state index contributed by atoms with van der Waals surface area (Å²) < 4.78 is 5.04. The van der Waals surface area contributed by atoms with E-state index in [4.69, 9.17) is 4.42 Å². The molecule has 2 saturated carbocycles. The van der Waals surface area contributed by atoms with E-state index >= 15 is 0 Å². The van der Waals surface area contributed by atoms with Crippen LogP contribution in [0.3, 0.4) is 0 Å². The Morgan fingerprint density at radius 1 is 1.42 bits per heavy atom. The molecule has 4 unspecified atom stereocenters. The highest BCUT2D eigenvalue weighted by atomic mass is 16.4. The van der Waals surface area contributed by atoms with Gasteiger partial charge < -0.3 is 14.8 Å². The summed E-state index contributed by atoms with van der Waals surface area (Å²) in [6, 6.07) is -0.284. The van der Waals surface area contributed by atoms with Gasteiger partial charge in [0.25, 0.3) is 5.91 Å². The molecule has 3 rings (SSSR count). The summed E-state index contributed by atoms with van der Waals surface area (Å²) in [6.07, 6.45) is 4.07. The van der Waals surface area contributed by atoms with Crippen molar-refractivity contribution in [2.24, 2.45) is 17.8 Å². The number of amides is 1. The number of aromatic nitrogens is 1. The van der Waals surface area contributed by atoms with Crippen LogP contribution >= 0.6 is 0 Å². The van der Waals surface area contributed by atoms with E-state index < -0.39 is 11.9 Å². The van der Waals surface area contributed by atoms with Crippen LogP contribution in [0.4, 0.5) is 0 Å². The lowest BCUT2D eigenvalue weighted by Gasteiger charge is -2.28. The Labute approximate surface area is 110 Å². The monoisotopic (exact) mass is 264 g/mol. The summed E-state index contributed by atoms with van der Waals surface area (Å²) in [5.41, 5.74) is 0.521. The zero-order valence-electron chi connectivity index (χ0n) is 10.6. The van der Waals surface area contributed by atoms with Gasteiger partial charge in [-0.25, -0.2) is 4.98 Å². The van der Waals surface area contributed by atoms with E-state index in [-0.39, 0.29) is 29.5 Å². The highest BCUT2D eigenvalue weighted by Crippen LogP contribution is 2.48. The van der Waals surface area contributed by atoms with Gasteiger partial charge in [0.05, 0.1) is 11.6 Å². The fourth-order valence-corrected chi connectivity index (χ4v) is 3.59. The van der Waals surface area contributed by atoms with E-state index in [1.807, 2.05) is 0 Å². The van der Waals surface area contributed by atoms with Crippen LogP contribution in [0.15, 0.2) is 10.8 Å². The van der Waals surface area contributed by atoms with E-state index in [2.05, 4.69) is 10.3 Å². The number of aliphatic carboxylic acids is 1. The minimum absolute atomic E-state index is 0.173. The molecule has 1 heterocycles. The Balaban J connectivity index is 1.77. The van der Waals surface area contributed by atoms with E-state index in [1.165, 1.54) is 6.39 Å². The number of carboxylic acids is 1. The standard InChI is InChI=1S/C13H16N2O4/c1-6-11(19-5-14-6)12(16)15-10-8-3-2-7(4-8)9(10)13(17)18/h5,7-10H,2-4H2,1H3,(H,15,16)(H,17,18). The second kappa shape index (κ2) is 4.36. The van der Waals surface area contributed by atoms with Crippen molar-refractivity contribution in [3.63, 3.8) is 0 Å². The Morgan fingerprint density at radius 2 is 2.16 bits per heavy atom. The number of hydrogen-bond acceptors (Lipinski definition) is 4. The predicted molar refractivity (Wildman–Crippen MR) is 64.5 cm³/mol. The van der Waals surface area contributed by atoms with Crippen LogP contribution in [0.1, 0.15) is 35.5 Å². The van der Waals surface area contributed by atoms with Crippen molar-refractivity contribution in [2.75, 3.05) is 0 Å². The molecule has 2 N–H and O–H groups in total. The molecule has 6 nitrogen and oxygen atoms in total.